The third-order valence-corrected chi connectivity index (χ3v) is 5.20. The predicted octanol–water partition coefficient (Wildman–Crippen LogP) is 2.23. The summed E-state index contributed by atoms with van der Waals surface area (Å²) in [6, 6.07) is -0.317. The van der Waals surface area contributed by atoms with E-state index in [0.717, 1.165) is 24.2 Å². The third kappa shape index (κ3) is 2.39. The Hall–Kier alpha value is -0.280. The number of nitrogens with one attached hydrogen (secondary N) is 1. The van der Waals surface area contributed by atoms with E-state index >= 15 is 0 Å². The first-order chi connectivity index (χ1) is 8.10. The van der Waals surface area contributed by atoms with Crippen LogP contribution in [0.4, 0.5) is 0 Å². The fraction of sp³-hybridized carbons (Fsp3) is 0.929. The first kappa shape index (κ1) is 14.1. The van der Waals surface area contributed by atoms with Crippen LogP contribution in [0.3, 0.4) is 0 Å². The Morgan fingerprint density at radius 3 is 2.06 bits per heavy atom. The van der Waals surface area contributed by atoms with Crippen molar-refractivity contribution in [2.75, 3.05) is 0 Å². The van der Waals surface area contributed by atoms with E-state index in [2.05, 4.69) is 5.32 Å². The van der Waals surface area contributed by atoms with Crippen molar-refractivity contribution in [3.63, 3.8) is 0 Å². The zero-order valence-corrected chi connectivity index (χ0v) is 12.0. The molecule has 4 fully saturated rings. The second-order valence-corrected chi connectivity index (χ2v) is 6.70. The van der Waals surface area contributed by atoms with Gasteiger partial charge in [-0.1, -0.05) is 6.92 Å². The zero-order chi connectivity index (χ0) is 12.0. The molecule has 4 aliphatic carbocycles. The highest BCUT2D eigenvalue weighted by atomic mass is 35.5. The van der Waals surface area contributed by atoms with E-state index in [0.29, 0.717) is 0 Å². The van der Waals surface area contributed by atoms with E-state index in [9.17, 15) is 4.79 Å². The molecule has 1 atom stereocenters. The molecule has 0 unspecified atom stereocenters. The molecule has 1 amide bonds. The highest BCUT2D eigenvalue weighted by Crippen LogP contribution is 2.55. The van der Waals surface area contributed by atoms with E-state index in [-0.39, 0.29) is 29.9 Å². The molecule has 0 aromatic heterocycles. The van der Waals surface area contributed by atoms with Gasteiger partial charge in [-0.3, -0.25) is 4.79 Å². The molecule has 0 heterocycles. The maximum absolute atomic E-state index is 12.0. The Bertz CT molecular complexity index is 296. The first-order valence-electron chi connectivity index (χ1n) is 7.18. The van der Waals surface area contributed by atoms with Crippen molar-refractivity contribution in [3.8, 4) is 0 Å². The number of hydrogen-bond acceptors (Lipinski definition) is 2. The van der Waals surface area contributed by atoms with E-state index in [4.69, 9.17) is 5.73 Å². The Labute approximate surface area is 116 Å². The molecule has 4 bridgehead atoms. The van der Waals surface area contributed by atoms with Gasteiger partial charge in [0.15, 0.2) is 0 Å². The topological polar surface area (TPSA) is 55.1 Å². The molecule has 3 N–H and O–H groups in total. The highest BCUT2D eigenvalue weighted by molar-refractivity contribution is 5.85. The van der Waals surface area contributed by atoms with Crippen LogP contribution < -0.4 is 11.1 Å². The zero-order valence-electron chi connectivity index (χ0n) is 11.2. The lowest BCUT2D eigenvalue weighted by Crippen LogP contribution is -2.62. The van der Waals surface area contributed by atoms with Gasteiger partial charge in [-0.05, 0) is 62.7 Å². The maximum atomic E-state index is 12.0. The minimum atomic E-state index is -0.317. The maximum Gasteiger partial charge on any atom is 0.237 e. The highest BCUT2D eigenvalue weighted by Gasteiger charge is 2.51. The average Bonchev–Trinajstić information content (AvgIpc) is 2.25. The molecule has 4 heteroatoms. The quantitative estimate of drug-likeness (QED) is 0.828. The fourth-order valence-corrected chi connectivity index (χ4v) is 4.80. The van der Waals surface area contributed by atoms with Crippen LogP contribution in [0, 0.1) is 17.8 Å². The summed E-state index contributed by atoms with van der Waals surface area (Å²) in [6.45, 7) is 1.98. The first-order valence-corrected chi connectivity index (χ1v) is 7.18. The molecule has 0 radical (unpaired) electrons. The minimum Gasteiger partial charge on any atom is -0.349 e. The fourth-order valence-electron chi connectivity index (χ4n) is 4.80. The summed E-state index contributed by atoms with van der Waals surface area (Å²) in [5.41, 5.74) is 5.96. The average molecular weight is 273 g/mol. The number of rotatable bonds is 3. The van der Waals surface area contributed by atoms with Gasteiger partial charge in [-0.25, -0.2) is 0 Å². The van der Waals surface area contributed by atoms with Crippen LogP contribution in [-0.2, 0) is 4.79 Å². The number of hydrogen-bond donors (Lipinski definition) is 2. The summed E-state index contributed by atoms with van der Waals surface area (Å²) in [4.78, 5) is 12.0. The van der Waals surface area contributed by atoms with Crippen molar-refractivity contribution in [2.45, 2.75) is 63.5 Å². The van der Waals surface area contributed by atoms with Gasteiger partial charge < -0.3 is 11.1 Å². The summed E-state index contributed by atoms with van der Waals surface area (Å²) in [6.07, 6.45) is 8.60. The number of carbonyl (C=O) groups excluding carboxylic acids is 1. The number of carbonyl (C=O) groups is 1. The Kier molecular flexibility index (Phi) is 3.93. The lowest BCUT2D eigenvalue weighted by atomic mass is 9.53. The molecule has 0 spiro atoms. The van der Waals surface area contributed by atoms with Gasteiger partial charge in [0, 0.05) is 5.54 Å². The molecule has 18 heavy (non-hydrogen) atoms. The Morgan fingerprint density at radius 2 is 1.67 bits per heavy atom. The van der Waals surface area contributed by atoms with Crippen molar-refractivity contribution in [1.82, 2.24) is 5.32 Å². The normalized spacial score (nSPS) is 42.2. The number of amides is 1. The summed E-state index contributed by atoms with van der Waals surface area (Å²) in [7, 11) is 0. The molecule has 0 aromatic rings. The Morgan fingerprint density at radius 1 is 1.22 bits per heavy atom. The predicted molar refractivity (Wildman–Crippen MR) is 74.6 cm³/mol. The van der Waals surface area contributed by atoms with Gasteiger partial charge >= 0.3 is 0 Å². The molecule has 0 aliphatic heterocycles. The van der Waals surface area contributed by atoms with Gasteiger partial charge in [0.1, 0.15) is 0 Å². The number of halogens is 1. The Balaban J connectivity index is 0.00000120. The van der Waals surface area contributed by atoms with E-state index in [1.807, 2.05) is 6.92 Å². The molecular weight excluding hydrogens is 248 g/mol. The summed E-state index contributed by atoms with van der Waals surface area (Å²) in [5.74, 6) is 2.70. The van der Waals surface area contributed by atoms with Crippen molar-refractivity contribution in [3.05, 3.63) is 0 Å². The van der Waals surface area contributed by atoms with Crippen LogP contribution in [-0.4, -0.2) is 17.5 Å². The minimum absolute atomic E-state index is 0. The molecule has 0 aromatic carbocycles. The van der Waals surface area contributed by atoms with Crippen molar-refractivity contribution < 1.29 is 4.79 Å². The lowest BCUT2D eigenvalue weighted by Gasteiger charge is -2.57. The molecule has 4 rings (SSSR count). The number of nitrogens with two attached hydrogens (primary N) is 1. The molecule has 104 valence electrons. The van der Waals surface area contributed by atoms with Gasteiger partial charge in [0.25, 0.3) is 0 Å². The van der Waals surface area contributed by atoms with Crippen molar-refractivity contribution in [2.24, 2.45) is 23.5 Å². The van der Waals surface area contributed by atoms with Crippen LogP contribution >= 0.6 is 12.4 Å². The molecule has 4 saturated carbocycles. The lowest BCUT2D eigenvalue weighted by molar-refractivity contribution is -0.128. The van der Waals surface area contributed by atoms with Crippen LogP contribution in [0.25, 0.3) is 0 Å². The summed E-state index contributed by atoms with van der Waals surface area (Å²) >= 11 is 0. The van der Waals surface area contributed by atoms with Gasteiger partial charge in [-0.2, -0.15) is 0 Å². The van der Waals surface area contributed by atoms with E-state index in [1.165, 1.54) is 38.5 Å². The standard InChI is InChI=1S/C14H24N2O.ClH/c1-2-12(15)13(17)16-14-6-9-3-10(7-14)5-11(4-9)8-14;/h9-12H,2-8,15H2,1H3,(H,16,17);1H/t9?,10?,11?,12-,14?;/m0./s1. The van der Waals surface area contributed by atoms with Crippen LogP contribution in [0.2, 0.25) is 0 Å². The van der Waals surface area contributed by atoms with Gasteiger partial charge in [0.2, 0.25) is 5.91 Å². The van der Waals surface area contributed by atoms with Crippen LogP contribution in [0.15, 0.2) is 0 Å². The van der Waals surface area contributed by atoms with Crippen molar-refractivity contribution >= 4 is 18.3 Å². The molecule has 3 nitrogen and oxygen atoms in total. The SMILES string of the molecule is CC[C@H](N)C(=O)NC12CC3CC(CC(C3)C1)C2.Cl. The summed E-state index contributed by atoms with van der Waals surface area (Å²) in [5, 5.41) is 3.31. The van der Waals surface area contributed by atoms with Crippen LogP contribution in [0.1, 0.15) is 51.9 Å². The largest absolute Gasteiger partial charge is 0.349 e. The van der Waals surface area contributed by atoms with Crippen molar-refractivity contribution in [1.29, 1.82) is 0 Å². The van der Waals surface area contributed by atoms with Gasteiger partial charge in [0.05, 0.1) is 6.04 Å². The van der Waals surface area contributed by atoms with E-state index < -0.39 is 0 Å². The third-order valence-electron chi connectivity index (χ3n) is 5.20. The second-order valence-electron chi connectivity index (χ2n) is 6.70. The molecule has 4 aliphatic rings. The second kappa shape index (κ2) is 5.01. The van der Waals surface area contributed by atoms with Crippen LogP contribution in [0.5, 0.6) is 0 Å². The van der Waals surface area contributed by atoms with Gasteiger partial charge in [-0.15, -0.1) is 12.4 Å². The molecule has 0 saturated heterocycles. The van der Waals surface area contributed by atoms with E-state index in [1.54, 1.807) is 0 Å². The summed E-state index contributed by atoms with van der Waals surface area (Å²) < 4.78 is 0. The monoisotopic (exact) mass is 272 g/mol. The smallest absolute Gasteiger partial charge is 0.237 e. The molecular formula is C14H25ClN2O.